The van der Waals surface area contributed by atoms with E-state index in [-0.39, 0.29) is 17.4 Å². The van der Waals surface area contributed by atoms with Crippen LogP contribution in [-0.2, 0) is 4.79 Å². The summed E-state index contributed by atoms with van der Waals surface area (Å²) in [7, 11) is 0. The van der Waals surface area contributed by atoms with Crippen molar-refractivity contribution in [2.75, 3.05) is 19.7 Å². The quantitative estimate of drug-likeness (QED) is 0.290. The van der Waals surface area contributed by atoms with Gasteiger partial charge in [0.25, 0.3) is 0 Å². The predicted molar refractivity (Wildman–Crippen MR) is 163 cm³/mol. The number of amides is 2. The number of ether oxygens (including phenoxy) is 1. The summed E-state index contributed by atoms with van der Waals surface area (Å²) in [6, 6.07) is 28.5. The van der Waals surface area contributed by atoms with Gasteiger partial charge in [0, 0.05) is 37.7 Å². The van der Waals surface area contributed by atoms with E-state index in [1.54, 1.807) is 25.1 Å². The fraction of sp³-hybridized carbons (Fsp3) is 0.343. The average Bonchev–Trinajstić information content (AvgIpc) is 3.42. The lowest BCUT2D eigenvalue weighted by atomic mass is 9.70. The van der Waals surface area contributed by atoms with Gasteiger partial charge in [0.1, 0.15) is 5.75 Å². The van der Waals surface area contributed by atoms with E-state index >= 15 is 0 Å². The van der Waals surface area contributed by atoms with Gasteiger partial charge in [0.2, 0.25) is 11.8 Å². The molecule has 1 saturated heterocycles. The molecule has 0 radical (unpaired) electrons. The highest BCUT2D eigenvalue weighted by Gasteiger charge is 2.42. The van der Waals surface area contributed by atoms with Gasteiger partial charge in [-0.3, -0.25) is 14.6 Å². The molecule has 0 aromatic heterocycles. The first-order valence-corrected chi connectivity index (χ1v) is 14.6. The van der Waals surface area contributed by atoms with Crippen LogP contribution < -0.4 is 10.5 Å². The van der Waals surface area contributed by atoms with Crippen molar-refractivity contribution in [3.8, 4) is 5.75 Å². The number of primary amides is 1. The zero-order chi connectivity index (χ0) is 28.7. The van der Waals surface area contributed by atoms with Crippen molar-refractivity contribution in [3.05, 3.63) is 113 Å². The zero-order valence-electron chi connectivity index (χ0n) is 23.7. The molecule has 2 aliphatic rings. The Kier molecular flexibility index (Phi) is 8.98. The van der Waals surface area contributed by atoms with Crippen molar-refractivity contribution < 1.29 is 14.3 Å². The highest BCUT2D eigenvalue weighted by Crippen LogP contribution is 2.46. The van der Waals surface area contributed by atoms with Gasteiger partial charge in [-0.15, -0.1) is 0 Å². The summed E-state index contributed by atoms with van der Waals surface area (Å²) in [5.74, 6) is 0.893. The number of rotatable bonds is 11. The smallest absolute Gasteiger partial charge is 0.248 e. The first-order valence-electron chi connectivity index (χ1n) is 14.6. The number of aliphatic imine (C=N–C) groups is 1. The Hall–Kier alpha value is -4.19. The number of benzene rings is 3. The van der Waals surface area contributed by atoms with Crippen molar-refractivity contribution in [1.82, 2.24) is 4.90 Å². The molecule has 1 atom stereocenters. The maximum Gasteiger partial charge on any atom is 0.248 e. The molecule has 2 aliphatic heterocycles. The summed E-state index contributed by atoms with van der Waals surface area (Å²) in [6.07, 6.45) is 8.64. The fourth-order valence-electron chi connectivity index (χ4n) is 6.42. The summed E-state index contributed by atoms with van der Waals surface area (Å²) < 4.78 is 6.07. The molecule has 3 aromatic carbocycles. The van der Waals surface area contributed by atoms with Crippen molar-refractivity contribution >= 4 is 18.0 Å². The van der Waals surface area contributed by atoms with E-state index in [9.17, 15) is 9.59 Å². The molecule has 5 rings (SSSR count). The van der Waals surface area contributed by atoms with Crippen LogP contribution in [-0.4, -0.2) is 48.2 Å². The third kappa shape index (κ3) is 6.76. The standard InChI is InChI=1S/C35H39N3O3/c1-26(39)38-21-17-29(18-22-38)33-16-20-37-35(33,19-9-23-41-31-15-8-14-30(24-31)34(36)40)25-32(27-10-4-2-5-11-27)28-12-6-3-7-13-28/h2-8,10-16,20,24,29,32H,9,17-19,21-23,25H2,1H3,(H2,36,40). The maximum atomic E-state index is 12.0. The largest absolute Gasteiger partial charge is 0.494 e. The van der Waals surface area contributed by atoms with Crippen molar-refractivity contribution in [1.29, 1.82) is 0 Å². The molecular weight excluding hydrogens is 510 g/mol. The number of nitrogens with two attached hydrogens (primary N) is 1. The third-order valence-electron chi connectivity index (χ3n) is 8.56. The number of carbonyl (C=O) groups excluding carboxylic acids is 2. The minimum atomic E-state index is -0.465. The second kappa shape index (κ2) is 13.0. The normalized spacial score (nSPS) is 18.9. The first-order chi connectivity index (χ1) is 19.9. The molecule has 0 saturated carbocycles. The van der Waals surface area contributed by atoms with Crippen LogP contribution in [0.4, 0.5) is 0 Å². The second-order valence-electron chi connectivity index (χ2n) is 11.1. The lowest BCUT2D eigenvalue weighted by molar-refractivity contribution is -0.130. The van der Waals surface area contributed by atoms with Crippen LogP contribution in [0.2, 0.25) is 0 Å². The van der Waals surface area contributed by atoms with E-state index < -0.39 is 5.91 Å². The molecule has 0 spiro atoms. The number of hydrogen-bond acceptors (Lipinski definition) is 4. The van der Waals surface area contributed by atoms with Gasteiger partial charge in [0.05, 0.1) is 12.1 Å². The Bertz CT molecular complexity index is 1350. The molecule has 2 N–H and O–H groups in total. The Morgan fingerprint density at radius 1 is 0.976 bits per heavy atom. The third-order valence-corrected chi connectivity index (χ3v) is 8.56. The van der Waals surface area contributed by atoms with Crippen LogP contribution in [0.5, 0.6) is 5.75 Å². The zero-order valence-corrected chi connectivity index (χ0v) is 23.7. The monoisotopic (exact) mass is 549 g/mol. The number of likely N-dealkylation sites (tertiary alicyclic amines) is 1. The Labute approximate surface area is 242 Å². The Morgan fingerprint density at radius 2 is 1.63 bits per heavy atom. The molecule has 0 bridgehead atoms. The van der Waals surface area contributed by atoms with Crippen molar-refractivity contribution in [2.24, 2.45) is 16.6 Å². The molecule has 212 valence electrons. The van der Waals surface area contributed by atoms with Crippen molar-refractivity contribution in [3.63, 3.8) is 0 Å². The predicted octanol–water partition coefficient (Wildman–Crippen LogP) is 6.17. The van der Waals surface area contributed by atoms with Gasteiger partial charge in [-0.25, -0.2) is 0 Å². The summed E-state index contributed by atoms with van der Waals surface area (Å²) >= 11 is 0. The van der Waals surface area contributed by atoms with Crippen LogP contribution in [0.15, 0.2) is 102 Å². The molecule has 0 aliphatic carbocycles. The summed E-state index contributed by atoms with van der Waals surface area (Å²) in [5, 5.41) is 0. The van der Waals surface area contributed by atoms with Gasteiger partial charge >= 0.3 is 0 Å². The molecule has 1 fully saturated rings. The van der Waals surface area contributed by atoms with Gasteiger partial charge in [-0.2, -0.15) is 0 Å². The van der Waals surface area contributed by atoms with E-state index in [1.165, 1.54) is 16.7 Å². The number of nitrogens with zero attached hydrogens (tertiary/aromatic N) is 2. The number of hydrogen-bond donors (Lipinski definition) is 1. The van der Waals surface area contributed by atoms with Crippen LogP contribution in [0.3, 0.4) is 0 Å². The molecule has 41 heavy (non-hydrogen) atoms. The van der Waals surface area contributed by atoms with Crippen LogP contribution in [0, 0.1) is 5.92 Å². The number of carbonyl (C=O) groups is 2. The fourth-order valence-corrected chi connectivity index (χ4v) is 6.42. The minimum Gasteiger partial charge on any atom is -0.494 e. The molecule has 6 heteroatoms. The topological polar surface area (TPSA) is 85.0 Å². The molecular formula is C35H39N3O3. The van der Waals surface area contributed by atoms with E-state index in [2.05, 4.69) is 66.7 Å². The summed E-state index contributed by atoms with van der Waals surface area (Å²) in [5.41, 5.74) is 9.48. The van der Waals surface area contributed by atoms with Crippen LogP contribution in [0.25, 0.3) is 0 Å². The number of piperidine rings is 1. The maximum absolute atomic E-state index is 12.0. The Morgan fingerprint density at radius 3 is 2.24 bits per heavy atom. The first kappa shape index (κ1) is 28.3. The van der Waals surface area contributed by atoms with E-state index in [0.29, 0.717) is 23.8 Å². The Balaban J connectivity index is 1.39. The molecule has 2 heterocycles. The van der Waals surface area contributed by atoms with Gasteiger partial charge in [-0.05, 0) is 79.0 Å². The molecule has 1 unspecified atom stereocenters. The van der Waals surface area contributed by atoms with Gasteiger partial charge in [0.15, 0.2) is 0 Å². The SMILES string of the molecule is CC(=O)N1CCC(C2=CC=NC2(CCCOc2cccc(C(N)=O)c2)CC(c2ccccc2)c2ccccc2)CC1. The van der Waals surface area contributed by atoms with E-state index in [0.717, 1.165) is 45.2 Å². The van der Waals surface area contributed by atoms with Crippen LogP contribution in [0.1, 0.15) is 66.4 Å². The van der Waals surface area contributed by atoms with Gasteiger partial charge in [-0.1, -0.05) is 66.7 Å². The lowest BCUT2D eigenvalue weighted by Gasteiger charge is -2.40. The molecule has 3 aromatic rings. The summed E-state index contributed by atoms with van der Waals surface area (Å²) in [4.78, 5) is 30.8. The van der Waals surface area contributed by atoms with Crippen LogP contribution >= 0.6 is 0 Å². The molecule has 6 nitrogen and oxygen atoms in total. The van der Waals surface area contributed by atoms with Crippen molar-refractivity contribution in [2.45, 2.75) is 50.5 Å². The van der Waals surface area contributed by atoms with E-state index in [1.807, 2.05) is 17.2 Å². The van der Waals surface area contributed by atoms with Gasteiger partial charge < -0.3 is 15.4 Å². The number of allylic oxidation sites excluding steroid dienone is 1. The average molecular weight is 550 g/mol. The summed E-state index contributed by atoms with van der Waals surface area (Å²) in [6.45, 7) is 3.74. The van der Waals surface area contributed by atoms with E-state index in [4.69, 9.17) is 15.5 Å². The molecule has 2 amide bonds. The second-order valence-corrected chi connectivity index (χ2v) is 11.1. The minimum absolute atomic E-state index is 0.150. The highest BCUT2D eigenvalue weighted by atomic mass is 16.5. The lowest BCUT2D eigenvalue weighted by Crippen LogP contribution is -2.41. The highest BCUT2D eigenvalue weighted by molar-refractivity contribution is 5.93.